The van der Waals surface area contributed by atoms with Crippen molar-refractivity contribution >= 4 is 9.24 Å². The van der Waals surface area contributed by atoms with E-state index in [1.54, 1.807) is 25.8 Å². The Morgan fingerprint density at radius 3 is 2.09 bits per heavy atom. The molecule has 3 atom stereocenters. The number of nitrogens with zero attached hydrogens (tertiary/aromatic N) is 1. The summed E-state index contributed by atoms with van der Waals surface area (Å²) in [5, 5.41) is -1.80. The first-order chi connectivity index (χ1) is 4.80. The first-order valence-corrected chi connectivity index (χ1v) is 4.21. The van der Waals surface area contributed by atoms with E-state index < -0.39 is 17.1 Å². The zero-order valence-corrected chi connectivity index (χ0v) is 8.22. The molecule has 11 heavy (non-hydrogen) atoms. The summed E-state index contributed by atoms with van der Waals surface area (Å²) in [6, 6.07) is 0. The van der Waals surface area contributed by atoms with Gasteiger partial charge in [-0.15, -0.1) is 0 Å². The average molecular weight is 181 g/mol. The van der Waals surface area contributed by atoms with Gasteiger partial charge in [-0.3, -0.25) is 4.90 Å². The molecular formula is C7H14F2NP. The van der Waals surface area contributed by atoms with Crippen molar-refractivity contribution in [3.8, 4) is 0 Å². The molecule has 1 saturated heterocycles. The lowest BCUT2D eigenvalue weighted by molar-refractivity contribution is 0.0870. The summed E-state index contributed by atoms with van der Waals surface area (Å²) in [7, 11) is 3.71. The molecule has 0 saturated carbocycles. The predicted octanol–water partition coefficient (Wildman–Crippen LogP) is 1.59. The summed E-state index contributed by atoms with van der Waals surface area (Å²) in [4.78, 5) is 1.70. The molecule has 1 heterocycles. The minimum Gasteiger partial charge on any atom is -0.295 e. The molecule has 0 spiro atoms. The second-order valence-corrected chi connectivity index (χ2v) is 4.52. The van der Waals surface area contributed by atoms with E-state index in [0.717, 1.165) is 0 Å². The van der Waals surface area contributed by atoms with Gasteiger partial charge in [-0.2, -0.15) is 0 Å². The Morgan fingerprint density at radius 2 is 2.00 bits per heavy atom. The van der Waals surface area contributed by atoms with E-state index in [2.05, 4.69) is 0 Å². The van der Waals surface area contributed by atoms with Crippen LogP contribution in [-0.4, -0.2) is 35.6 Å². The van der Waals surface area contributed by atoms with Gasteiger partial charge >= 0.3 is 0 Å². The van der Waals surface area contributed by atoms with E-state index in [1.165, 1.54) is 0 Å². The van der Waals surface area contributed by atoms with Crippen LogP contribution in [0.15, 0.2) is 0 Å². The number of halogens is 2. The van der Waals surface area contributed by atoms with Gasteiger partial charge in [0.25, 0.3) is 0 Å². The summed E-state index contributed by atoms with van der Waals surface area (Å²) < 4.78 is 26.6. The third-order valence-corrected chi connectivity index (χ3v) is 3.85. The molecule has 1 nitrogen and oxygen atoms in total. The molecule has 66 valence electrons. The molecule has 1 fully saturated rings. The van der Waals surface area contributed by atoms with E-state index >= 15 is 0 Å². The molecule has 3 unspecified atom stereocenters. The monoisotopic (exact) mass is 181 g/mol. The first-order valence-electron chi connectivity index (χ1n) is 3.63. The van der Waals surface area contributed by atoms with Gasteiger partial charge in [-0.1, -0.05) is 9.24 Å². The summed E-state index contributed by atoms with van der Waals surface area (Å²) >= 11 is 0. The van der Waals surface area contributed by atoms with Gasteiger partial charge in [-0.25, -0.2) is 8.78 Å². The highest BCUT2D eigenvalue weighted by atomic mass is 31.0. The van der Waals surface area contributed by atoms with Crippen LogP contribution in [0.2, 0.25) is 0 Å². The molecule has 0 aliphatic carbocycles. The molecule has 0 amide bonds. The predicted molar refractivity (Wildman–Crippen MR) is 45.2 cm³/mol. The highest BCUT2D eigenvalue weighted by molar-refractivity contribution is 7.19. The zero-order valence-electron chi connectivity index (χ0n) is 7.06. The lowest BCUT2D eigenvalue weighted by atomic mass is 9.99. The number of likely N-dealkylation sites (tertiary alicyclic amines) is 1. The normalized spacial score (nSPS) is 44.7. The molecule has 0 bridgehead atoms. The molecule has 1 rings (SSSR count). The van der Waals surface area contributed by atoms with E-state index in [0.29, 0.717) is 0 Å². The maximum Gasteiger partial charge on any atom is 0.173 e. The number of rotatable bonds is 0. The molecule has 0 N–H and O–H groups in total. The number of hydrogen-bond donors (Lipinski definition) is 0. The standard InChI is InChI=1S/C7H14F2NP/c1-6(2)7(9,11)5(8)4-10(6)3/h5H,4,11H2,1-3H3. The van der Waals surface area contributed by atoms with Gasteiger partial charge in [-0.05, 0) is 20.9 Å². The Hall–Kier alpha value is 0.250. The van der Waals surface area contributed by atoms with Crippen LogP contribution in [0.4, 0.5) is 8.78 Å². The fourth-order valence-corrected chi connectivity index (χ4v) is 1.60. The topological polar surface area (TPSA) is 3.24 Å². The third-order valence-electron chi connectivity index (χ3n) is 2.78. The molecule has 0 aromatic heterocycles. The molecular weight excluding hydrogens is 167 g/mol. The first kappa shape index (κ1) is 9.34. The van der Waals surface area contributed by atoms with Crippen LogP contribution in [0, 0.1) is 0 Å². The van der Waals surface area contributed by atoms with Gasteiger partial charge in [0.05, 0.1) is 5.54 Å². The Kier molecular flexibility index (Phi) is 2.01. The lowest BCUT2D eigenvalue weighted by Crippen LogP contribution is -2.47. The molecule has 4 heteroatoms. The van der Waals surface area contributed by atoms with Crippen molar-refractivity contribution in [2.45, 2.75) is 31.0 Å². The molecule has 0 aromatic rings. The van der Waals surface area contributed by atoms with E-state index in [1.807, 2.05) is 9.24 Å². The van der Waals surface area contributed by atoms with Gasteiger partial charge < -0.3 is 0 Å². The highest BCUT2D eigenvalue weighted by Gasteiger charge is 2.57. The Labute approximate surface area is 68.3 Å². The van der Waals surface area contributed by atoms with Gasteiger partial charge in [0, 0.05) is 6.54 Å². The SMILES string of the molecule is CN1CC(F)C(F)(P)C1(C)C. The average Bonchev–Trinajstić information content (AvgIpc) is 1.95. The van der Waals surface area contributed by atoms with Crippen LogP contribution in [0.5, 0.6) is 0 Å². The molecule has 0 aromatic carbocycles. The number of alkyl halides is 2. The highest BCUT2D eigenvalue weighted by Crippen LogP contribution is 2.46. The fourth-order valence-electron chi connectivity index (χ4n) is 1.28. The summed E-state index contributed by atoms with van der Waals surface area (Å²) in [5.41, 5.74) is -0.725. The fraction of sp³-hybridized carbons (Fsp3) is 1.00. The molecule has 0 radical (unpaired) electrons. The summed E-state index contributed by atoms with van der Waals surface area (Å²) in [6.07, 6.45) is -1.40. The van der Waals surface area contributed by atoms with Crippen LogP contribution in [0.25, 0.3) is 0 Å². The second kappa shape index (κ2) is 2.37. The van der Waals surface area contributed by atoms with Gasteiger partial charge in [0.2, 0.25) is 0 Å². The van der Waals surface area contributed by atoms with E-state index in [-0.39, 0.29) is 6.54 Å². The quantitative estimate of drug-likeness (QED) is 0.513. The van der Waals surface area contributed by atoms with Crippen LogP contribution >= 0.6 is 9.24 Å². The zero-order chi connectivity index (χ0) is 8.86. The van der Waals surface area contributed by atoms with Crippen LogP contribution in [0.1, 0.15) is 13.8 Å². The second-order valence-electron chi connectivity index (χ2n) is 3.68. The van der Waals surface area contributed by atoms with Crippen molar-refractivity contribution in [1.82, 2.24) is 4.90 Å². The molecule has 1 aliphatic heterocycles. The van der Waals surface area contributed by atoms with Gasteiger partial charge in [0.1, 0.15) is 0 Å². The minimum atomic E-state index is -1.80. The van der Waals surface area contributed by atoms with Gasteiger partial charge in [0.15, 0.2) is 11.6 Å². The van der Waals surface area contributed by atoms with Crippen molar-refractivity contribution in [3.63, 3.8) is 0 Å². The maximum atomic E-state index is 13.6. The molecule has 1 aliphatic rings. The van der Waals surface area contributed by atoms with Crippen LogP contribution < -0.4 is 0 Å². The largest absolute Gasteiger partial charge is 0.295 e. The van der Waals surface area contributed by atoms with Crippen molar-refractivity contribution < 1.29 is 8.78 Å². The van der Waals surface area contributed by atoms with Crippen LogP contribution in [0.3, 0.4) is 0 Å². The van der Waals surface area contributed by atoms with E-state index in [9.17, 15) is 8.78 Å². The number of hydrogen-bond acceptors (Lipinski definition) is 1. The van der Waals surface area contributed by atoms with E-state index in [4.69, 9.17) is 0 Å². The Morgan fingerprint density at radius 1 is 1.55 bits per heavy atom. The lowest BCUT2D eigenvalue weighted by Gasteiger charge is -2.35. The smallest absolute Gasteiger partial charge is 0.173 e. The minimum absolute atomic E-state index is 0.174. The summed E-state index contributed by atoms with van der Waals surface area (Å²) in [6.45, 7) is 3.59. The van der Waals surface area contributed by atoms with Crippen molar-refractivity contribution in [2.75, 3.05) is 13.6 Å². The van der Waals surface area contributed by atoms with Crippen molar-refractivity contribution in [2.24, 2.45) is 0 Å². The van der Waals surface area contributed by atoms with Crippen LogP contribution in [-0.2, 0) is 0 Å². The Bertz CT molecular complexity index is 152. The van der Waals surface area contributed by atoms with Crippen molar-refractivity contribution in [1.29, 1.82) is 0 Å². The maximum absolute atomic E-state index is 13.6. The summed E-state index contributed by atoms with van der Waals surface area (Å²) in [5.74, 6) is 0. The Balaban J connectivity index is 2.95. The third kappa shape index (κ3) is 1.09. The van der Waals surface area contributed by atoms with Crippen molar-refractivity contribution in [3.05, 3.63) is 0 Å².